The fourth-order valence-corrected chi connectivity index (χ4v) is 1.44. The van der Waals surface area contributed by atoms with Crippen LogP contribution in [0.15, 0.2) is 36.0 Å². The van der Waals surface area contributed by atoms with Gasteiger partial charge in [0, 0.05) is 23.5 Å². The van der Waals surface area contributed by atoms with Crippen LogP contribution in [0.1, 0.15) is 20.8 Å². The number of esters is 1. The van der Waals surface area contributed by atoms with Crippen LogP contribution in [-0.2, 0) is 14.3 Å². The van der Waals surface area contributed by atoms with Gasteiger partial charge >= 0.3 is 5.97 Å². The Kier molecular flexibility index (Phi) is 6.64. The Morgan fingerprint density at radius 1 is 1.27 bits per heavy atom. The van der Waals surface area contributed by atoms with E-state index in [1.807, 2.05) is 13.8 Å². The van der Waals surface area contributed by atoms with Crippen molar-refractivity contribution in [3.05, 3.63) is 36.0 Å². The van der Waals surface area contributed by atoms with Crippen LogP contribution in [0.2, 0.25) is 0 Å². The van der Waals surface area contributed by atoms with Crippen molar-refractivity contribution in [2.75, 3.05) is 17.2 Å². The van der Waals surface area contributed by atoms with Gasteiger partial charge in [0.1, 0.15) is 6.07 Å². The summed E-state index contributed by atoms with van der Waals surface area (Å²) < 4.78 is 4.75. The number of hydrogen-bond acceptors (Lipinski definition) is 5. The molecule has 0 radical (unpaired) electrons. The van der Waals surface area contributed by atoms with Crippen molar-refractivity contribution in [1.29, 1.82) is 5.26 Å². The van der Waals surface area contributed by atoms with E-state index in [4.69, 9.17) is 10.00 Å². The lowest BCUT2D eigenvalue weighted by atomic mass is 10.2. The molecule has 0 saturated heterocycles. The van der Waals surface area contributed by atoms with Gasteiger partial charge in [0.15, 0.2) is 5.57 Å². The number of carbonyl (C=O) groups excluding carboxylic acids is 2. The van der Waals surface area contributed by atoms with Gasteiger partial charge in [-0.3, -0.25) is 4.79 Å². The summed E-state index contributed by atoms with van der Waals surface area (Å²) in [4.78, 5) is 23.0. The second-order valence-corrected chi connectivity index (χ2v) is 4.76. The summed E-state index contributed by atoms with van der Waals surface area (Å²) in [5.41, 5.74) is 1.25. The number of nitrogens with zero attached hydrogens (tertiary/aromatic N) is 1. The standard InChI is InChI=1S/C16H19N3O3/c1-4-22-16(21)12(9-17)10-18-13-5-7-14(8-6-13)19-15(20)11(2)3/h5-8,10-11,18H,4H2,1-3H3,(H,19,20)/b12-10+. The van der Waals surface area contributed by atoms with Crippen molar-refractivity contribution < 1.29 is 14.3 Å². The van der Waals surface area contributed by atoms with Gasteiger partial charge in [-0.1, -0.05) is 13.8 Å². The lowest BCUT2D eigenvalue weighted by Gasteiger charge is -2.08. The van der Waals surface area contributed by atoms with Crippen LogP contribution >= 0.6 is 0 Å². The van der Waals surface area contributed by atoms with Crippen LogP contribution in [0.5, 0.6) is 0 Å². The summed E-state index contributed by atoms with van der Waals surface area (Å²) >= 11 is 0. The van der Waals surface area contributed by atoms with E-state index in [0.717, 1.165) is 0 Å². The Labute approximate surface area is 129 Å². The predicted octanol–water partition coefficient (Wildman–Crippen LogP) is 2.66. The second-order valence-electron chi connectivity index (χ2n) is 4.76. The number of ether oxygens (including phenoxy) is 1. The van der Waals surface area contributed by atoms with Crippen LogP contribution in [-0.4, -0.2) is 18.5 Å². The maximum Gasteiger partial charge on any atom is 0.350 e. The van der Waals surface area contributed by atoms with E-state index in [2.05, 4.69) is 10.6 Å². The van der Waals surface area contributed by atoms with Crippen LogP contribution in [0, 0.1) is 17.2 Å². The highest BCUT2D eigenvalue weighted by Crippen LogP contribution is 2.15. The summed E-state index contributed by atoms with van der Waals surface area (Å²) in [7, 11) is 0. The van der Waals surface area contributed by atoms with Crippen molar-refractivity contribution in [3.63, 3.8) is 0 Å². The zero-order valence-corrected chi connectivity index (χ0v) is 12.8. The molecular formula is C16H19N3O3. The highest BCUT2D eigenvalue weighted by Gasteiger charge is 2.09. The molecule has 6 nitrogen and oxygen atoms in total. The summed E-state index contributed by atoms with van der Waals surface area (Å²) in [5, 5.41) is 14.5. The molecule has 6 heteroatoms. The average Bonchev–Trinajstić information content (AvgIpc) is 2.49. The molecule has 0 heterocycles. The van der Waals surface area contributed by atoms with E-state index in [1.54, 1.807) is 37.3 Å². The number of rotatable bonds is 6. The Balaban J connectivity index is 2.70. The van der Waals surface area contributed by atoms with Crippen molar-refractivity contribution >= 4 is 23.3 Å². The van der Waals surface area contributed by atoms with Gasteiger partial charge in [-0.2, -0.15) is 5.26 Å². The Hall–Kier alpha value is -2.81. The number of nitrogens with one attached hydrogen (secondary N) is 2. The minimum absolute atomic E-state index is 0.0605. The zero-order valence-electron chi connectivity index (χ0n) is 12.8. The molecule has 1 aromatic carbocycles. The van der Waals surface area contributed by atoms with Crippen LogP contribution in [0.25, 0.3) is 0 Å². The Bertz CT molecular complexity index is 598. The Morgan fingerprint density at radius 3 is 2.36 bits per heavy atom. The quantitative estimate of drug-likeness (QED) is 0.479. The number of nitriles is 1. The predicted molar refractivity (Wildman–Crippen MR) is 83.9 cm³/mol. The first kappa shape index (κ1) is 17.2. The second kappa shape index (κ2) is 8.47. The van der Waals surface area contributed by atoms with E-state index in [-0.39, 0.29) is 24.0 Å². The molecule has 0 bridgehead atoms. The monoisotopic (exact) mass is 301 g/mol. The number of amides is 1. The van der Waals surface area contributed by atoms with Crippen LogP contribution in [0.4, 0.5) is 11.4 Å². The topological polar surface area (TPSA) is 91.2 Å². The fourth-order valence-electron chi connectivity index (χ4n) is 1.44. The maximum atomic E-state index is 11.6. The number of hydrogen-bond donors (Lipinski definition) is 2. The van der Waals surface area contributed by atoms with Gasteiger partial charge in [-0.05, 0) is 31.2 Å². The first-order valence-electron chi connectivity index (χ1n) is 6.92. The van der Waals surface area contributed by atoms with Crippen molar-refractivity contribution in [2.45, 2.75) is 20.8 Å². The molecule has 0 aliphatic rings. The molecule has 0 spiro atoms. The zero-order chi connectivity index (χ0) is 16.5. The molecule has 1 amide bonds. The molecule has 0 unspecified atom stereocenters. The SMILES string of the molecule is CCOC(=O)/C(C#N)=C/Nc1ccc(NC(=O)C(C)C)cc1. The molecule has 22 heavy (non-hydrogen) atoms. The first-order valence-corrected chi connectivity index (χ1v) is 6.92. The molecule has 0 aliphatic heterocycles. The van der Waals surface area contributed by atoms with Gasteiger partial charge in [0.05, 0.1) is 6.61 Å². The number of anilines is 2. The largest absolute Gasteiger partial charge is 0.462 e. The normalized spacial score (nSPS) is 10.8. The molecule has 0 fully saturated rings. The third-order valence-electron chi connectivity index (χ3n) is 2.68. The van der Waals surface area contributed by atoms with Gasteiger partial charge in [0.2, 0.25) is 5.91 Å². The van der Waals surface area contributed by atoms with E-state index in [9.17, 15) is 9.59 Å². The number of benzene rings is 1. The third kappa shape index (κ3) is 5.29. The Morgan fingerprint density at radius 2 is 1.86 bits per heavy atom. The van der Waals surface area contributed by atoms with Crippen LogP contribution < -0.4 is 10.6 Å². The van der Waals surface area contributed by atoms with E-state index >= 15 is 0 Å². The van der Waals surface area contributed by atoms with Crippen LogP contribution in [0.3, 0.4) is 0 Å². The van der Waals surface area contributed by atoms with Gasteiger partial charge in [-0.15, -0.1) is 0 Å². The average molecular weight is 301 g/mol. The minimum Gasteiger partial charge on any atom is -0.462 e. The lowest BCUT2D eigenvalue weighted by molar-refractivity contribution is -0.138. The third-order valence-corrected chi connectivity index (χ3v) is 2.68. The molecule has 2 N–H and O–H groups in total. The van der Waals surface area contributed by atoms with Gasteiger partial charge in [-0.25, -0.2) is 4.79 Å². The molecule has 1 aromatic rings. The van der Waals surface area contributed by atoms with Crippen molar-refractivity contribution in [3.8, 4) is 6.07 Å². The molecule has 0 saturated carbocycles. The summed E-state index contributed by atoms with van der Waals surface area (Å²) in [6, 6.07) is 8.69. The summed E-state index contributed by atoms with van der Waals surface area (Å²) in [5.74, 6) is -0.823. The molecule has 0 aliphatic carbocycles. The summed E-state index contributed by atoms with van der Waals surface area (Å²) in [6.45, 7) is 5.51. The highest BCUT2D eigenvalue weighted by molar-refractivity contribution is 5.93. The van der Waals surface area contributed by atoms with E-state index < -0.39 is 5.97 Å². The lowest BCUT2D eigenvalue weighted by Crippen LogP contribution is -2.17. The molecular weight excluding hydrogens is 282 g/mol. The minimum atomic E-state index is -0.668. The van der Waals surface area contributed by atoms with Crippen molar-refractivity contribution in [2.24, 2.45) is 5.92 Å². The van der Waals surface area contributed by atoms with Gasteiger partial charge < -0.3 is 15.4 Å². The molecule has 116 valence electrons. The highest BCUT2D eigenvalue weighted by atomic mass is 16.5. The fraction of sp³-hybridized carbons (Fsp3) is 0.312. The van der Waals surface area contributed by atoms with E-state index in [1.165, 1.54) is 6.20 Å². The molecule has 0 aromatic heterocycles. The molecule has 1 rings (SSSR count). The maximum absolute atomic E-state index is 11.6. The van der Waals surface area contributed by atoms with E-state index in [0.29, 0.717) is 11.4 Å². The first-order chi connectivity index (χ1) is 10.5. The number of carbonyl (C=O) groups is 2. The molecule has 0 atom stereocenters. The summed E-state index contributed by atoms with van der Waals surface area (Å²) in [6.07, 6.45) is 1.29. The van der Waals surface area contributed by atoms with Gasteiger partial charge in [0.25, 0.3) is 0 Å². The smallest absolute Gasteiger partial charge is 0.350 e. The van der Waals surface area contributed by atoms with Crippen molar-refractivity contribution in [1.82, 2.24) is 0 Å².